The smallest absolute Gasteiger partial charge is 0.217 e. The summed E-state index contributed by atoms with van der Waals surface area (Å²) in [4.78, 5) is 26.2. The molecular weight excluding hydrogens is 218 g/mol. The first-order chi connectivity index (χ1) is 7.99. The number of ketones is 1. The summed E-state index contributed by atoms with van der Waals surface area (Å²) < 4.78 is 1.81. The van der Waals surface area contributed by atoms with Gasteiger partial charge in [0.05, 0.1) is 18.1 Å². The van der Waals surface area contributed by atoms with E-state index < -0.39 is 6.04 Å². The predicted molar refractivity (Wildman–Crippen MR) is 66.5 cm³/mol. The number of carbonyl (C=O) groups excluding carboxylic acids is 2. The monoisotopic (exact) mass is 239 g/mol. The highest BCUT2D eigenvalue weighted by atomic mass is 16.2. The Morgan fingerprint density at radius 2 is 2.00 bits per heavy atom. The van der Waals surface area contributed by atoms with Crippen molar-refractivity contribution in [2.24, 2.45) is 7.05 Å². The normalized spacial score (nSPS) is 11.1. The first kappa shape index (κ1) is 15.3. The third-order valence-electron chi connectivity index (χ3n) is 2.04. The molecule has 1 unspecified atom stereocenters. The van der Waals surface area contributed by atoms with Gasteiger partial charge in [-0.3, -0.25) is 9.59 Å². The number of carbonyl (C=O) groups is 2. The van der Waals surface area contributed by atoms with Crippen molar-refractivity contribution >= 4 is 11.7 Å². The third kappa shape index (κ3) is 5.85. The van der Waals surface area contributed by atoms with Crippen LogP contribution in [0.4, 0.5) is 0 Å². The second-order valence-corrected chi connectivity index (χ2v) is 3.60. The lowest BCUT2D eigenvalue weighted by Crippen LogP contribution is -2.40. The molecule has 0 radical (unpaired) electrons. The number of hydrogen-bond acceptors (Lipinski definition) is 3. The molecule has 96 valence electrons. The van der Waals surface area contributed by atoms with E-state index in [0.717, 1.165) is 5.69 Å². The Hall–Kier alpha value is -1.65. The quantitative estimate of drug-likeness (QED) is 0.855. The molecule has 0 fully saturated rings. The Labute approximate surface area is 102 Å². The molecule has 5 heteroatoms. The van der Waals surface area contributed by atoms with Gasteiger partial charge < -0.3 is 9.88 Å². The fourth-order valence-electron chi connectivity index (χ4n) is 1.32. The Bertz CT molecular complexity index is 372. The molecule has 0 saturated heterocycles. The van der Waals surface area contributed by atoms with Gasteiger partial charge in [-0.15, -0.1) is 0 Å². The largest absolute Gasteiger partial charge is 0.346 e. The van der Waals surface area contributed by atoms with E-state index in [1.807, 2.05) is 27.1 Å². The summed E-state index contributed by atoms with van der Waals surface area (Å²) in [6.07, 6.45) is 3.94. The van der Waals surface area contributed by atoms with Crippen molar-refractivity contribution in [1.82, 2.24) is 14.9 Å². The van der Waals surface area contributed by atoms with Crippen LogP contribution in [0.2, 0.25) is 0 Å². The molecule has 1 amide bonds. The minimum absolute atomic E-state index is 0.0594. The van der Waals surface area contributed by atoms with Gasteiger partial charge in [0.1, 0.15) is 0 Å². The number of nitrogens with one attached hydrogen (secondary N) is 1. The van der Waals surface area contributed by atoms with Crippen LogP contribution in [0, 0.1) is 0 Å². The van der Waals surface area contributed by atoms with E-state index in [0.29, 0.717) is 6.42 Å². The molecule has 0 aliphatic carbocycles. The average molecular weight is 239 g/mol. The van der Waals surface area contributed by atoms with Crippen LogP contribution < -0.4 is 5.32 Å². The molecule has 1 atom stereocenters. The second-order valence-electron chi connectivity index (χ2n) is 3.60. The number of rotatable bonds is 4. The molecule has 0 aromatic carbocycles. The Morgan fingerprint density at radius 1 is 1.41 bits per heavy atom. The van der Waals surface area contributed by atoms with Gasteiger partial charge in [-0.25, -0.2) is 4.98 Å². The summed E-state index contributed by atoms with van der Waals surface area (Å²) in [5, 5.41) is 2.60. The SMILES string of the molecule is CC.CC(=O)NC(Cc1cn(C)cn1)C(C)=O. The summed E-state index contributed by atoms with van der Waals surface area (Å²) in [6, 6.07) is -0.475. The molecule has 17 heavy (non-hydrogen) atoms. The maximum Gasteiger partial charge on any atom is 0.217 e. The number of aromatic nitrogens is 2. The number of nitrogens with zero attached hydrogens (tertiary/aromatic N) is 2. The maximum atomic E-state index is 11.2. The van der Waals surface area contributed by atoms with Gasteiger partial charge in [-0.05, 0) is 6.92 Å². The van der Waals surface area contributed by atoms with Crippen LogP contribution in [-0.2, 0) is 23.1 Å². The molecule has 1 rings (SSSR count). The average Bonchev–Trinajstić information content (AvgIpc) is 2.65. The molecule has 1 heterocycles. The molecule has 5 nitrogen and oxygen atoms in total. The van der Waals surface area contributed by atoms with Crippen LogP contribution in [-0.4, -0.2) is 27.3 Å². The molecule has 0 saturated carbocycles. The Morgan fingerprint density at radius 3 is 2.35 bits per heavy atom. The molecule has 0 aliphatic heterocycles. The summed E-state index contributed by atoms with van der Waals surface area (Å²) in [6.45, 7) is 6.86. The highest BCUT2D eigenvalue weighted by Gasteiger charge is 2.16. The summed E-state index contributed by atoms with van der Waals surface area (Å²) >= 11 is 0. The van der Waals surface area contributed by atoms with Crippen LogP contribution >= 0.6 is 0 Å². The first-order valence-corrected chi connectivity index (χ1v) is 5.73. The lowest BCUT2D eigenvalue weighted by atomic mass is 10.1. The second kappa shape index (κ2) is 7.60. The molecule has 0 bridgehead atoms. The van der Waals surface area contributed by atoms with Crippen LogP contribution in [0.15, 0.2) is 12.5 Å². The van der Waals surface area contributed by atoms with Gasteiger partial charge in [-0.1, -0.05) is 13.8 Å². The van der Waals surface area contributed by atoms with Crippen LogP contribution in [0.25, 0.3) is 0 Å². The van der Waals surface area contributed by atoms with E-state index in [2.05, 4.69) is 10.3 Å². The van der Waals surface area contributed by atoms with Crippen molar-refractivity contribution in [3.8, 4) is 0 Å². The molecule has 1 aromatic heterocycles. The number of hydrogen-bond donors (Lipinski definition) is 1. The van der Waals surface area contributed by atoms with Crippen LogP contribution in [0.1, 0.15) is 33.4 Å². The van der Waals surface area contributed by atoms with Crippen molar-refractivity contribution < 1.29 is 9.59 Å². The maximum absolute atomic E-state index is 11.2. The summed E-state index contributed by atoms with van der Waals surface area (Å²) in [5.74, 6) is -0.262. The fraction of sp³-hybridized carbons (Fsp3) is 0.583. The van der Waals surface area contributed by atoms with Gasteiger partial charge in [0.25, 0.3) is 0 Å². The number of Topliss-reactive ketones (excluding diaryl/α,β-unsaturated/α-hetero) is 1. The lowest BCUT2D eigenvalue weighted by molar-refractivity contribution is -0.125. The molecule has 0 spiro atoms. The van der Waals surface area contributed by atoms with Crippen LogP contribution in [0.3, 0.4) is 0 Å². The zero-order valence-corrected chi connectivity index (χ0v) is 11.2. The molecule has 0 aliphatic rings. The van der Waals surface area contributed by atoms with Gasteiger partial charge in [0.15, 0.2) is 5.78 Å². The van der Waals surface area contributed by atoms with E-state index in [1.165, 1.54) is 13.8 Å². The first-order valence-electron chi connectivity index (χ1n) is 5.73. The van der Waals surface area contributed by atoms with E-state index in [-0.39, 0.29) is 11.7 Å². The van der Waals surface area contributed by atoms with Crippen molar-refractivity contribution in [1.29, 1.82) is 0 Å². The van der Waals surface area contributed by atoms with Crippen molar-refractivity contribution in [3.63, 3.8) is 0 Å². The van der Waals surface area contributed by atoms with Crippen molar-refractivity contribution in [2.45, 2.75) is 40.2 Å². The minimum Gasteiger partial charge on any atom is -0.346 e. The molecule has 1 N–H and O–H groups in total. The van der Waals surface area contributed by atoms with E-state index in [4.69, 9.17) is 0 Å². The van der Waals surface area contributed by atoms with E-state index >= 15 is 0 Å². The zero-order valence-electron chi connectivity index (χ0n) is 11.2. The summed E-state index contributed by atoms with van der Waals surface area (Å²) in [5.41, 5.74) is 0.798. The fourth-order valence-corrected chi connectivity index (χ4v) is 1.32. The Kier molecular flexibility index (Phi) is 6.86. The van der Waals surface area contributed by atoms with Crippen LogP contribution in [0.5, 0.6) is 0 Å². The molecule has 1 aromatic rings. The standard InChI is InChI=1S/C10H15N3O2.C2H6/c1-7(14)10(12-8(2)15)4-9-5-13(3)6-11-9;1-2/h5-6,10H,4H2,1-3H3,(H,12,15);1-2H3. The van der Waals surface area contributed by atoms with Crippen molar-refractivity contribution in [2.75, 3.05) is 0 Å². The topological polar surface area (TPSA) is 64.0 Å². The zero-order chi connectivity index (χ0) is 13.4. The summed E-state index contributed by atoms with van der Waals surface area (Å²) in [7, 11) is 1.86. The highest BCUT2D eigenvalue weighted by Crippen LogP contribution is 2.01. The van der Waals surface area contributed by atoms with Gasteiger partial charge in [0.2, 0.25) is 5.91 Å². The van der Waals surface area contributed by atoms with E-state index in [1.54, 1.807) is 10.9 Å². The number of amides is 1. The van der Waals surface area contributed by atoms with Crippen molar-refractivity contribution in [3.05, 3.63) is 18.2 Å². The third-order valence-corrected chi connectivity index (χ3v) is 2.04. The lowest BCUT2D eigenvalue weighted by Gasteiger charge is -2.12. The Balaban J connectivity index is 0.00000121. The minimum atomic E-state index is -0.475. The molecular formula is C12H21N3O2. The van der Waals surface area contributed by atoms with Gasteiger partial charge in [-0.2, -0.15) is 0 Å². The number of aryl methyl sites for hydroxylation is 1. The highest BCUT2D eigenvalue weighted by molar-refractivity contribution is 5.86. The predicted octanol–water partition coefficient (Wildman–Crippen LogP) is 1.08. The van der Waals surface area contributed by atoms with Gasteiger partial charge >= 0.3 is 0 Å². The van der Waals surface area contributed by atoms with E-state index in [9.17, 15) is 9.59 Å². The number of imidazole rings is 1. The van der Waals surface area contributed by atoms with Gasteiger partial charge in [0, 0.05) is 26.6 Å².